The molecule has 0 aliphatic carbocycles. The molecule has 0 atom stereocenters. The number of carbonyl (C=O) groups is 1. The third-order valence-corrected chi connectivity index (χ3v) is 5.24. The Kier molecular flexibility index (Phi) is 4.91. The van der Waals surface area contributed by atoms with E-state index in [1.54, 1.807) is 22.4 Å². The van der Waals surface area contributed by atoms with Crippen LogP contribution in [0.1, 0.15) is 5.69 Å². The van der Waals surface area contributed by atoms with Crippen LogP contribution >= 0.6 is 11.6 Å². The summed E-state index contributed by atoms with van der Waals surface area (Å²) in [5.74, 6) is 0.927. The maximum Gasteiger partial charge on any atom is 0.311 e. The molecule has 0 fully saturated rings. The lowest BCUT2D eigenvalue weighted by atomic mass is 10.2. The van der Waals surface area contributed by atoms with Crippen molar-refractivity contribution in [2.24, 2.45) is 0 Å². The van der Waals surface area contributed by atoms with Crippen LogP contribution in [0.5, 0.6) is 5.75 Å². The van der Waals surface area contributed by atoms with Gasteiger partial charge in [0, 0.05) is 5.56 Å². The third-order valence-electron chi connectivity index (χ3n) is 4.91. The Morgan fingerprint density at radius 1 is 1.03 bits per heavy atom. The predicted octanol–water partition coefficient (Wildman–Crippen LogP) is 2.90. The quantitative estimate of drug-likeness (QED) is 0.377. The molecule has 11 heteroatoms. The fourth-order valence-corrected chi connectivity index (χ4v) is 3.55. The van der Waals surface area contributed by atoms with Gasteiger partial charge in [0.1, 0.15) is 11.4 Å². The van der Waals surface area contributed by atoms with Gasteiger partial charge in [-0.1, -0.05) is 23.7 Å². The lowest BCUT2D eigenvalue weighted by Crippen LogP contribution is -2.06. The van der Waals surface area contributed by atoms with E-state index in [2.05, 4.69) is 25.4 Å². The van der Waals surface area contributed by atoms with E-state index in [1.807, 2.05) is 42.5 Å². The Hall–Kier alpha value is -4.05. The van der Waals surface area contributed by atoms with E-state index in [-0.39, 0.29) is 12.2 Å². The van der Waals surface area contributed by atoms with E-state index in [4.69, 9.17) is 21.1 Å². The molecule has 2 aromatic carbocycles. The van der Waals surface area contributed by atoms with Crippen LogP contribution in [0.3, 0.4) is 0 Å². The van der Waals surface area contributed by atoms with E-state index >= 15 is 0 Å². The van der Waals surface area contributed by atoms with Crippen LogP contribution in [0, 0.1) is 0 Å². The third kappa shape index (κ3) is 3.30. The molecule has 3 aromatic heterocycles. The number of benzene rings is 2. The second kappa shape index (κ2) is 7.89. The van der Waals surface area contributed by atoms with E-state index < -0.39 is 5.97 Å². The van der Waals surface area contributed by atoms with Crippen molar-refractivity contribution < 1.29 is 14.3 Å². The van der Waals surface area contributed by atoms with Crippen molar-refractivity contribution in [2.45, 2.75) is 6.42 Å². The Balaban J connectivity index is 1.77. The summed E-state index contributed by atoms with van der Waals surface area (Å²) in [7, 11) is 2.92. The number of fused-ring (bicyclic) bond motifs is 3. The monoisotopic (exact) mass is 449 g/mol. The highest BCUT2D eigenvalue weighted by Gasteiger charge is 2.22. The summed E-state index contributed by atoms with van der Waals surface area (Å²) in [6, 6.07) is 14.6. The maximum atomic E-state index is 12.0. The van der Waals surface area contributed by atoms with Crippen LogP contribution < -0.4 is 4.74 Å². The first-order valence-corrected chi connectivity index (χ1v) is 9.94. The molecule has 32 heavy (non-hydrogen) atoms. The summed E-state index contributed by atoms with van der Waals surface area (Å²) < 4.78 is 13.2. The minimum atomic E-state index is -0.441. The molecule has 0 radical (unpaired) electrons. The number of aromatic nitrogens is 7. The average molecular weight is 450 g/mol. The Labute approximate surface area is 186 Å². The van der Waals surface area contributed by atoms with Crippen LogP contribution in [0.4, 0.5) is 0 Å². The molecule has 0 bridgehead atoms. The van der Waals surface area contributed by atoms with Crippen LogP contribution in [0.15, 0.2) is 48.5 Å². The number of hydrogen-bond acceptors (Lipinski definition) is 8. The number of hydrogen-bond donors (Lipinski definition) is 0. The molecule has 0 saturated heterocycles. The number of ether oxygens (including phenoxy) is 2. The van der Waals surface area contributed by atoms with Gasteiger partial charge in [-0.25, -0.2) is 4.68 Å². The fourth-order valence-electron chi connectivity index (χ4n) is 3.33. The van der Waals surface area contributed by atoms with Crippen molar-refractivity contribution in [1.82, 2.24) is 34.6 Å². The molecule has 3 heterocycles. The van der Waals surface area contributed by atoms with Crippen LogP contribution in [-0.4, -0.2) is 54.8 Å². The zero-order chi connectivity index (χ0) is 22.2. The molecule has 0 amide bonds. The SMILES string of the molecule is COC(=O)Cc1nn(-c2ccc(OC)cc2)c2c1nnc1nc(-c3ccccc3Cl)nn12. The van der Waals surface area contributed by atoms with Crippen molar-refractivity contribution >= 4 is 34.5 Å². The lowest BCUT2D eigenvalue weighted by Gasteiger charge is -2.05. The standard InChI is InChI=1S/C21H16ClN7O3/c1-31-13-9-7-12(8-10-13)28-20-18(16(26-28)11-17(30)32-2)24-25-21-23-19(27-29(20)21)14-5-3-4-6-15(14)22/h3-10H,11H2,1-2H3. The highest BCUT2D eigenvalue weighted by molar-refractivity contribution is 6.33. The second-order valence-corrected chi connectivity index (χ2v) is 7.22. The molecule has 10 nitrogen and oxygen atoms in total. The van der Waals surface area contributed by atoms with Crippen molar-refractivity contribution in [2.75, 3.05) is 14.2 Å². The van der Waals surface area contributed by atoms with Crippen LogP contribution in [0.25, 0.3) is 34.0 Å². The smallest absolute Gasteiger partial charge is 0.311 e. The van der Waals surface area contributed by atoms with Gasteiger partial charge < -0.3 is 9.47 Å². The summed E-state index contributed by atoms with van der Waals surface area (Å²) >= 11 is 6.33. The lowest BCUT2D eigenvalue weighted by molar-refractivity contribution is -0.139. The van der Waals surface area contributed by atoms with E-state index in [1.165, 1.54) is 7.11 Å². The molecule has 0 saturated carbocycles. The van der Waals surface area contributed by atoms with Crippen molar-refractivity contribution in [1.29, 1.82) is 0 Å². The summed E-state index contributed by atoms with van der Waals surface area (Å²) in [6.07, 6.45) is -0.0671. The largest absolute Gasteiger partial charge is 0.497 e. The zero-order valence-electron chi connectivity index (χ0n) is 17.1. The molecule has 0 aliphatic rings. The first-order valence-electron chi connectivity index (χ1n) is 9.56. The van der Waals surface area contributed by atoms with Gasteiger partial charge in [0.25, 0.3) is 5.78 Å². The number of methoxy groups -OCH3 is 2. The van der Waals surface area contributed by atoms with Gasteiger partial charge >= 0.3 is 5.97 Å². The van der Waals surface area contributed by atoms with Crippen molar-refractivity contribution in [3.63, 3.8) is 0 Å². The number of rotatable bonds is 5. The van der Waals surface area contributed by atoms with Crippen molar-refractivity contribution in [3.8, 4) is 22.8 Å². The summed E-state index contributed by atoms with van der Waals surface area (Å²) in [5.41, 5.74) is 2.71. The molecule has 0 unspecified atom stereocenters. The minimum absolute atomic E-state index is 0.0671. The van der Waals surface area contributed by atoms with E-state index in [9.17, 15) is 4.79 Å². The molecule has 5 rings (SSSR count). The van der Waals surface area contributed by atoms with E-state index in [0.717, 1.165) is 5.69 Å². The van der Waals surface area contributed by atoms with Gasteiger partial charge in [-0.3, -0.25) is 4.79 Å². The maximum absolute atomic E-state index is 12.0. The first-order chi connectivity index (χ1) is 15.6. The number of halogens is 1. The normalized spacial score (nSPS) is 11.2. The molecule has 160 valence electrons. The Morgan fingerprint density at radius 3 is 2.53 bits per heavy atom. The fraction of sp³-hybridized carbons (Fsp3) is 0.143. The second-order valence-electron chi connectivity index (χ2n) is 6.81. The van der Waals surface area contributed by atoms with Crippen LogP contribution in [0.2, 0.25) is 5.02 Å². The predicted molar refractivity (Wildman–Crippen MR) is 116 cm³/mol. The van der Waals surface area contributed by atoms with Gasteiger partial charge in [-0.15, -0.1) is 15.3 Å². The van der Waals surface area contributed by atoms with Gasteiger partial charge in [0.05, 0.1) is 31.4 Å². The molecular weight excluding hydrogens is 434 g/mol. The molecule has 0 aliphatic heterocycles. The Morgan fingerprint density at radius 2 is 1.81 bits per heavy atom. The minimum Gasteiger partial charge on any atom is -0.497 e. The zero-order valence-corrected chi connectivity index (χ0v) is 17.8. The highest BCUT2D eigenvalue weighted by Crippen LogP contribution is 2.27. The topological polar surface area (TPSA) is 109 Å². The van der Waals surface area contributed by atoms with E-state index in [0.29, 0.717) is 39.0 Å². The van der Waals surface area contributed by atoms with Crippen molar-refractivity contribution in [3.05, 3.63) is 59.2 Å². The Bertz CT molecular complexity index is 1460. The average Bonchev–Trinajstić information content (AvgIpc) is 3.41. The van der Waals surface area contributed by atoms with Crippen LogP contribution in [-0.2, 0) is 16.0 Å². The number of esters is 1. The van der Waals surface area contributed by atoms with Gasteiger partial charge in [0.15, 0.2) is 17.0 Å². The van der Waals surface area contributed by atoms with Gasteiger partial charge in [0.2, 0.25) is 0 Å². The first kappa shape index (κ1) is 19.9. The number of nitrogens with zero attached hydrogens (tertiary/aromatic N) is 7. The summed E-state index contributed by atoms with van der Waals surface area (Å²) in [5, 5.41) is 18.2. The molecule has 5 aromatic rings. The number of carbonyl (C=O) groups excluding carboxylic acids is 1. The summed E-state index contributed by atoms with van der Waals surface area (Å²) in [4.78, 5) is 16.4. The molecular formula is C21H16ClN7O3. The summed E-state index contributed by atoms with van der Waals surface area (Å²) in [6.45, 7) is 0. The molecule has 0 N–H and O–H groups in total. The van der Waals surface area contributed by atoms with Gasteiger partial charge in [-0.05, 0) is 36.4 Å². The molecule has 0 spiro atoms. The van der Waals surface area contributed by atoms with Gasteiger partial charge in [-0.2, -0.15) is 14.6 Å². The highest BCUT2D eigenvalue weighted by atomic mass is 35.5.